The molecule has 5 rings (SSSR count). The number of hydroxylamine groups is 2. The van der Waals surface area contributed by atoms with E-state index in [-0.39, 0.29) is 23.7 Å². The van der Waals surface area contributed by atoms with E-state index >= 15 is 0 Å². The number of hydrogen-bond donors (Lipinski definition) is 3. The molecule has 2 aliphatic rings. The van der Waals surface area contributed by atoms with Crippen molar-refractivity contribution in [3.63, 3.8) is 0 Å². The third-order valence-electron chi connectivity index (χ3n) is 7.60. The smallest absolute Gasteiger partial charge is 0.259 e. The number of halogens is 1. The monoisotopic (exact) mass is 647 g/mol. The van der Waals surface area contributed by atoms with Gasteiger partial charge in [0.15, 0.2) is 0 Å². The zero-order chi connectivity index (χ0) is 32.8. The second-order valence-electron chi connectivity index (χ2n) is 12.3. The molecule has 0 spiro atoms. The van der Waals surface area contributed by atoms with Gasteiger partial charge in [-0.2, -0.15) is 0 Å². The molecule has 2 amide bonds. The number of hydrogen-bond acceptors (Lipinski definition) is 9. The van der Waals surface area contributed by atoms with Crippen molar-refractivity contribution in [3.8, 4) is 5.75 Å². The largest absolute Gasteiger partial charge is 0.489 e. The van der Waals surface area contributed by atoms with Gasteiger partial charge in [-0.15, -0.1) is 0 Å². The van der Waals surface area contributed by atoms with Crippen molar-refractivity contribution in [3.05, 3.63) is 82.6 Å². The summed E-state index contributed by atoms with van der Waals surface area (Å²) >= 11 is 5.91. The number of ether oxygens (including phenoxy) is 1. The molecule has 2 aliphatic heterocycles. The second kappa shape index (κ2) is 14.3. The molecular formula is C34H38ClN5O6. The molecule has 0 aliphatic carbocycles. The predicted molar refractivity (Wildman–Crippen MR) is 176 cm³/mol. The van der Waals surface area contributed by atoms with E-state index in [1.54, 1.807) is 47.5 Å². The lowest BCUT2D eigenvalue weighted by molar-refractivity contribution is -0.217. The van der Waals surface area contributed by atoms with Gasteiger partial charge in [-0.25, -0.2) is 14.8 Å². The van der Waals surface area contributed by atoms with Crippen LogP contribution in [0.4, 0.5) is 17.2 Å². The maximum absolute atomic E-state index is 13.8. The Kier molecular flexibility index (Phi) is 10.3. The topological polar surface area (TPSA) is 133 Å². The van der Waals surface area contributed by atoms with Crippen LogP contribution in [-0.2, 0) is 9.63 Å². The van der Waals surface area contributed by atoms with Gasteiger partial charge in [-0.05, 0) is 70.0 Å². The molecule has 46 heavy (non-hydrogen) atoms. The molecule has 1 unspecified atom stereocenters. The first-order valence-corrected chi connectivity index (χ1v) is 15.6. The first-order valence-electron chi connectivity index (χ1n) is 15.3. The van der Waals surface area contributed by atoms with Crippen LogP contribution in [0.5, 0.6) is 5.75 Å². The fourth-order valence-electron chi connectivity index (χ4n) is 5.35. The molecule has 3 aromatic rings. The van der Waals surface area contributed by atoms with E-state index in [2.05, 4.69) is 20.5 Å². The number of nitrogens with zero attached hydrogens (tertiary/aromatic N) is 3. The van der Waals surface area contributed by atoms with Crippen molar-refractivity contribution >= 4 is 46.5 Å². The highest BCUT2D eigenvalue weighted by Gasteiger charge is 2.31. The van der Waals surface area contributed by atoms with E-state index in [9.17, 15) is 19.5 Å². The molecule has 3 heterocycles. The Hall–Kier alpha value is -4.41. The molecule has 11 nitrogen and oxygen atoms in total. The molecule has 2 saturated heterocycles. The number of nitrogens with one attached hydrogen (secondary N) is 2. The predicted octanol–water partition coefficient (Wildman–Crippen LogP) is 5.49. The third kappa shape index (κ3) is 8.44. The number of anilines is 3. The van der Waals surface area contributed by atoms with Gasteiger partial charge in [0.05, 0.1) is 33.5 Å². The average molecular weight is 648 g/mol. The Bertz CT molecular complexity index is 1610. The highest BCUT2D eigenvalue weighted by atomic mass is 35.5. The van der Waals surface area contributed by atoms with Crippen molar-refractivity contribution in [2.45, 2.75) is 64.3 Å². The van der Waals surface area contributed by atoms with E-state index in [0.29, 0.717) is 66.9 Å². The highest BCUT2D eigenvalue weighted by Crippen LogP contribution is 2.33. The SMILES string of the molecule is CC(C)(C)ON1CCC(Oc2cc(N3CCC(O)CC3)ccc2C(=O)Nc2ccccc2C(=O)Nc2ccc(Cl)cn2)CC1=C=O. The number of piperidine rings is 2. The Morgan fingerprint density at radius 3 is 2.41 bits per heavy atom. The van der Waals surface area contributed by atoms with Crippen molar-refractivity contribution in [1.29, 1.82) is 0 Å². The quantitative estimate of drug-likeness (QED) is 0.272. The number of aromatic nitrogens is 1. The van der Waals surface area contributed by atoms with Crippen LogP contribution < -0.4 is 20.3 Å². The standard InChI is InChI=1S/C34H38ClN5O6/c1-34(2,3)46-40-17-14-26(18-24(40)21-41)45-30-19-23(39-15-12-25(42)13-16-39)9-10-28(30)33(44)37-29-7-5-4-6-27(29)32(43)38-31-11-8-22(35)20-36-31/h4-11,19-20,25-26,42H,12-18H2,1-3H3,(H,37,44)(H,36,38,43). The second-order valence-corrected chi connectivity index (χ2v) is 12.7. The van der Waals surface area contributed by atoms with Gasteiger partial charge in [0, 0.05) is 50.4 Å². The zero-order valence-electron chi connectivity index (χ0n) is 26.1. The van der Waals surface area contributed by atoms with Gasteiger partial charge in [0.1, 0.15) is 29.3 Å². The van der Waals surface area contributed by atoms with Gasteiger partial charge < -0.3 is 25.4 Å². The van der Waals surface area contributed by atoms with Gasteiger partial charge in [-0.1, -0.05) is 23.7 Å². The van der Waals surface area contributed by atoms with E-state index in [0.717, 1.165) is 5.69 Å². The van der Waals surface area contributed by atoms with Crippen molar-refractivity contribution < 1.29 is 29.1 Å². The minimum Gasteiger partial charge on any atom is -0.489 e. The van der Waals surface area contributed by atoms with Crippen molar-refractivity contribution in [2.75, 3.05) is 35.2 Å². The summed E-state index contributed by atoms with van der Waals surface area (Å²) in [5.74, 6) is 1.72. The summed E-state index contributed by atoms with van der Waals surface area (Å²) < 4.78 is 6.46. The molecule has 3 N–H and O–H groups in total. The van der Waals surface area contributed by atoms with Crippen LogP contribution >= 0.6 is 11.6 Å². The van der Waals surface area contributed by atoms with Crippen molar-refractivity contribution in [1.82, 2.24) is 10.0 Å². The first kappa shape index (κ1) is 33.0. The number of amides is 2. The van der Waals surface area contributed by atoms with E-state index < -0.39 is 23.5 Å². The Morgan fingerprint density at radius 1 is 0.978 bits per heavy atom. The van der Waals surface area contributed by atoms with Gasteiger partial charge in [0.2, 0.25) is 0 Å². The summed E-state index contributed by atoms with van der Waals surface area (Å²) in [4.78, 5) is 51.0. The summed E-state index contributed by atoms with van der Waals surface area (Å²) in [6, 6.07) is 15.2. The fourth-order valence-corrected chi connectivity index (χ4v) is 5.46. The first-order chi connectivity index (χ1) is 22.0. The Balaban J connectivity index is 1.39. The van der Waals surface area contributed by atoms with Crippen LogP contribution in [0, 0.1) is 0 Å². The molecule has 0 saturated carbocycles. The molecule has 1 atom stereocenters. The normalized spacial score (nSPS) is 17.3. The van der Waals surface area contributed by atoms with E-state index in [4.69, 9.17) is 21.2 Å². The number of aliphatic hydroxyl groups excluding tert-OH is 1. The highest BCUT2D eigenvalue weighted by molar-refractivity contribution is 6.30. The average Bonchev–Trinajstić information content (AvgIpc) is 3.02. The van der Waals surface area contributed by atoms with Crippen LogP contribution in [-0.4, -0.2) is 70.4 Å². The Morgan fingerprint density at radius 2 is 1.72 bits per heavy atom. The lowest BCUT2D eigenvalue weighted by Gasteiger charge is -2.37. The van der Waals surface area contributed by atoms with Crippen molar-refractivity contribution in [2.24, 2.45) is 0 Å². The van der Waals surface area contributed by atoms with Gasteiger partial charge >= 0.3 is 0 Å². The van der Waals surface area contributed by atoms with Gasteiger partial charge in [0.25, 0.3) is 11.8 Å². The number of benzene rings is 2. The number of rotatable bonds is 8. The molecule has 12 heteroatoms. The van der Waals surface area contributed by atoms with E-state index in [1.165, 1.54) is 6.20 Å². The number of para-hydroxylation sites is 1. The number of pyridine rings is 1. The lowest BCUT2D eigenvalue weighted by atomic mass is 10.0. The van der Waals surface area contributed by atoms with Crippen LogP contribution in [0.15, 0.2) is 66.5 Å². The van der Waals surface area contributed by atoms with Crippen LogP contribution in [0.25, 0.3) is 0 Å². The fraction of sp³-hybridized carbons (Fsp3) is 0.382. The third-order valence-corrected chi connectivity index (χ3v) is 7.82. The summed E-state index contributed by atoms with van der Waals surface area (Å²) in [6.07, 6.45) is 2.76. The molecular weight excluding hydrogens is 610 g/mol. The van der Waals surface area contributed by atoms with Crippen LogP contribution in [0.3, 0.4) is 0 Å². The minimum atomic E-state index is -0.490. The molecule has 0 bridgehead atoms. The number of aliphatic hydroxyl groups is 1. The maximum Gasteiger partial charge on any atom is 0.259 e. The number of carbonyl (C=O) groups is 2. The molecule has 0 radical (unpaired) electrons. The summed E-state index contributed by atoms with van der Waals surface area (Å²) in [7, 11) is 0. The Labute approximate surface area is 273 Å². The molecule has 1 aromatic heterocycles. The maximum atomic E-state index is 13.8. The lowest BCUT2D eigenvalue weighted by Crippen LogP contribution is -2.41. The minimum absolute atomic E-state index is 0.241. The number of carbonyl (C=O) groups excluding carboxylic acids is 3. The molecule has 2 fully saturated rings. The van der Waals surface area contributed by atoms with E-state index in [1.807, 2.05) is 38.8 Å². The summed E-state index contributed by atoms with van der Waals surface area (Å²) in [6.45, 7) is 7.47. The van der Waals surface area contributed by atoms with Crippen LogP contribution in [0.2, 0.25) is 5.02 Å². The van der Waals surface area contributed by atoms with Gasteiger partial charge in [-0.3, -0.25) is 14.4 Å². The molecule has 2 aromatic carbocycles. The van der Waals surface area contributed by atoms with Crippen LogP contribution in [0.1, 0.15) is 67.2 Å². The summed E-state index contributed by atoms with van der Waals surface area (Å²) in [5.41, 5.74) is 1.51. The molecule has 242 valence electrons. The summed E-state index contributed by atoms with van der Waals surface area (Å²) in [5, 5.41) is 17.6. The zero-order valence-corrected chi connectivity index (χ0v) is 26.8.